The van der Waals surface area contributed by atoms with Gasteiger partial charge in [0.15, 0.2) is 0 Å². The van der Waals surface area contributed by atoms with Crippen molar-refractivity contribution in [1.29, 1.82) is 0 Å². The summed E-state index contributed by atoms with van der Waals surface area (Å²) >= 11 is 0. The molecule has 98 valence electrons. The van der Waals surface area contributed by atoms with Crippen molar-refractivity contribution < 1.29 is 14.7 Å². The van der Waals surface area contributed by atoms with Gasteiger partial charge in [0, 0.05) is 13.1 Å². The van der Waals surface area contributed by atoms with E-state index in [2.05, 4.69) is 5.32 Å². The molecule has 0 aliphatic carbocycles. The van der Waals surface area contributed by atoms with Crippen LogP contribution in [0.15, 0.2) is 0 Å². The van der Waals surface area contributed by atoms with Gasteiger partial charge in [0.2, 0.25) is 5.91 Å². The van der Waals surface area contributed by atoms with E-state index in [4.69, 9.17) is 5.11 Å². The van der Waals surface area contributed by atoms with Gasteiger partial charge in [-0.3, -0.25) is 14.5 Å². The van der Waals surface area contributed by atoms with E-state index < -0.39 is 11.9 Å². The average molecular weight is 242 g/mol. The van der Waals surface area contributed by atoms with Crippen molar-refractivity contribution in [2.24, 2.45) is 5.92 Å². The summed E-state index contributed by atoms with van der Waals surface area (Å²) in [5.74, 6) is -1.27. The lowest BCUT2D eigenvalue weighted by Gasteiger charge is -2.40. The van der Waals surface area contributed by atoms with E-state index in [0.29, 0.717) is 0 Å². The first-order valence-electron chi connectivity index (χ1n) is 6.19. The summed E-state index contributed by atoms with van der Waals surface area (Å²) in [6, 6.07) is -0.291. The highest BCUT2D eigenvalue weighted by atomic mass is 16.4. The minimum atomic E-state index is -0.807. The van der Waals surface area contributed by atoms with Gasteiger partial charge < -0.3 is 10.4 Å². The minimum absolute atomic E-state index is 0.00543. The largest absolute Gasteiger partial charge is 0.481 e. The molecule has 0 saturated carbocycles. The molecule has 0 aromatic heterocycles. The number of hydrogen-bond donors (Lipinski definition) is 2. The van der Waals surface area contributed by atoms with Gasteiger partial charge in [-0.15, -0.1) is 0 Å². The van der Waals surface area contributed by atoms with Crippen LogP contribution in [0.4, 0.5) is 0 Å². The summed E-state index contributed by atoms with van der Waals surface area (Å²) in [6.07, 6.45) is 2.88. The number of likely N-dealkylation sites (tertiary alicyclic amines) is 1. The van der Waals surface area contributed by atoms with Crippen LogP contribution >= 0.6 is 0 Å². The van der Waals surface area contributed by atoms with Crippen molar-refractivity contribution in [2.45, 2.75) is 45.2 Å². The third-order valence-electron chi connectivity index (χ3n) is 3.73. The molecule has 3 atom stereocenters. The maximum absolute atomic E-state index is 11.8. The number of hydrogen-bond acceptors (Lipinski definition) is 3. The van der Waals surface area contributed by atoms with Crippen LogP contribution in [0, 0.1) is 5.92 Å². The fourth-order valence-corrected chi connectivity index (χ4v) is 2.38. The summed E-state index contributed by atoms with van der Waals surface area (Å²) in [7, 11) is 1.63. The number of rotatable bonds is 4. The summed E-state index contributed by atoms with van der Waals surface area (Å²) in [5, 5.41) is 11.7. The van der Waals surface area contributed by atoms with E-state index in [-0.39, 0.29) is 18.0 Å². The molecule has 3 unspecified atom stereocenters. The fraction of sp³-hybridized carbons (Fsp3) is 0.833. The molecule has 1 amide bonds. The molecule has 5 heteroatoms. The van der Waals surface area contributed by atoms with Gasteiger partial charge in [0.05, 0.1) is 12.0 Å². The molecule has 0 radical (unpaired) electrons. The smallest absolute Gasteiger partial charge is 0.307 e. The van der Waals surface area contributed by atoms with E-state index in [1.165, 1.54) is 0 Å². The first-order valence-corrected chi connectivity index (χ1v) is 6.19. The average Bonchev–Trinajstić information content (AvgIpc) is 2.35. The predicted molar refractivity (Wildman–Crippen MR) is 64.7 cm³/mol. The Balaban J connectivity index is 2.77. The fourth-order valence-electron chi connectivity index (χ4n) is 2.38. The van der Waals surface area contributed by atoms with E-state index in [9.17, 15) is 9.59 Å². The predicted octanol–water partition coefficient (Wildman–Crippen LogP) is 0.696. The van der Waals surface area contributed by atoms with E-state index in [0.717, 1.165) is 25.8 Å². The van der Waals surface area contributed by atoms with Crippen LogP contribution in [-0.4, -0.2) is 47.6 Å². The highest BCUT2D eigenvalue weighted by Crippen LogP contribution is 2.23. The van der Waals surface area contributed by atoms with Gasteiger partial charge in [0.1, 0.15) is 0 Å². The zero-order valence-corrected chi connectivity index (χ0v) is 10.8. The van der Waals surface area contributed by atoms with Crippen LogP contribution < -0.4 is 5.32 Å². The Morgan fingerprint density at radius 1 is 1.35 bits per heavy atom. The SMILES string of the molecule is CNC(=O)C1CCCCN1C(C)C(C)C(=O)O. The second-order valence-corrected chi connectivity index (χ2v) is 4.73. The number of piperidine rings is 1. The Morgan fingerprint density at radius 2 is 2.00 bits per heavy atom. The number of carbonyl (C=O) groups excluding carboxylic acids is 1. The summed E-state index contributed by atoms with van der Waals surface area (Å²) in [5.41, 5.74) is 0. The molecule has 1 rings (SSSR count). The van der Waals surface area contributed by atoms with Crippen LogP contribution in [0.1, 0.15) is 33.1 Å². The summed E-state index contributed by atoms with van der Waals surface area (Å²) in [4.78, 5) is 24.8. The van der Waals surface area contributed by atoms with Gasteiger partial charge in [0.25, 0.3) is 0 Å². The zero-order chi connectivity index (χ0) is 13.0. The number of carboxylic acids is 1. The minimum Gasteiger partial charge on any atom is -0.481 e. The Labute approximate surface area is 102 Å². The lowest BCUT2D eigenvalue weighted by atomic mass is 9.94. The molecular formula is C12H22N2O3. The van der Waals surface area contributed by atoms with Gasteiger partial charge in [-0.1, -0.05) is 13.3 Å². The Bertz CT molecular complexity index is 293. The molecule has 1 aliphatic heterocycles. The van der Waals surface area contributed by atoms with Crippen molar-refractivity contribution in [3.8, 4) is 0 Å². The molecule has 5 nitrogen and oxygen atoms in total. The topological polar surface area (TPSA) is 69.6 Å². The lowest BCUT2D eigenvalue weighted by Crippen LogP contribution is -2.54. The number of aliphatic carboxylic acids is 1. The zero-order valence-electron chi connectivity index (χ0n) is 10.8. The Hall–Kier alpha value is -1.10. The molecule has 17 heavy (non-hydrogen) atoms. The number of nitrogens with one attached hydrogen (secondary N) is 1. The standard InChI is InChI=1S/C12H22N2O3/c1-8(12(16)17)9(2)14-7-5-4-6-10(14)11(15)13-3/h8-10H,4-7H2,1-3H3,(H,13,15)(H,16,17). The van der Waals surface area contributed by atoms with Crippen LogP contribution in [0.5, 0.6) is 0 Å². The Morgan fingerprint density at radius 3 is 2.53 bits per heavy atom. The van der Waals surface area contributed by atoms with Crippen LogP contribution in [0.2, 0.25) is 0 Å². The number of nitrogens with zero attached hydrogens (tertiary/aromatic N) is 1. The number of carbonyl (C=O) groups is 2. The molecule has 1 fully saturated rings. The maximum Gasteiger partial charge on any atom is 0.307 e. The van der Waals surface area contributed by atoms with Gasteiger partial charge in [-0.2, -0.15) is 0 Å². The quantitative estimate of drug-likeness (QED) is 0.761. The molecule has 0 aromatic rings. The van der Waals surface area contributed by atoms with Crippen molar-refractivity contribution in [1.82, 2.24) is 10.2 Å². The normalized spacial score (nSPS) is 25.0. The monoisotopic (exact) mass is 242 g/mol. The third-order valence-corrected chi connectivity index (χ3v) is 3.73. The summed E-state index contributed by atoms with van der Waals surface area (Å²) in [6.45, 7) is 4.39. The van der Waals surface area contributed by atoms with Crippen molar-refractivity contribution in [3.63, 3.8) is 0 Å². The number of carboxylic acid groups (broad SMARTS) is 1. The van der Waals surface area contributed by atoms with E-state index in [1.807, 2.05) is 11.8 Å². The highest BCUT2D eigenvalue weighted by Gasteiger charge is 2.35. The van der Waals surface area contributed by atoms with E-state index >= 15 is 0 Å². The molecule has 0 bridgehead atoms. The van der Waals surface area contributed by atoms with Crippen molar-refractivity contribution >= 4 is 11.9 Å². The van der Waals surface area contributed by atoms with E-state index in [1.54, 1.807) is 14.0 Å². The van der Waals surface area contributed by atoms with Gasteiger partial charge in [-0.05, 0) is 26.3 Å². The molecular weight excluding hydrogens is 220 g/mol. The van der Waals surface area contributed by atoms with Gasteiger partial charge in [-0.25, -0.2) is 0 Å². The second-order valence-electron chi connectivity index (χ2n) is 4.73. The molecule has 0 aromatic carbocycles. The first kappa shape index (κ1) is 14.0. The molecule has 1 aliphatic rings. The van der Waals surface area contributed by atoms with Crippen LogP contribution in [-0.2, 0) is 9.59 Å². The lowest BCUT2D eigenvalue weighted by molar-refractivity contribution is -0.145. The second kappa shape index (κ2) is 6.00. The molecule has 2 N–H and O–H groups in total. The molecule has 1 saturated heterocycles. The number of likely N-dealkylation sites (N-methyl/N-ethyl adjacent to an activating group) is 1. The van der Waals surface area contributed by atoms with Crippen LogP contribution in [0.3, 0.4) is 0 Å². The molecule has 1 heterocycles. The third kappa shape index (κ3) is 3.19. The van der Waals surface area contributed by atoms with Gasteiger partial charge >= 0.3 is 5.97 Å². The maximum atomic E-state index is 11.8. The van der Waals surface area contributed by atoms with Crippen molar-refractivity contribution in [2.75, 3.05) is 13.6 Å². The van der Waals surface area contributed by atoms with Crippen LogP contribution in [0.25, 0.3) is 0 Å². The number of amides is 1. The Kier molecular flexibility index (Phi) is 4.93. The highest BCUT2D eigenvalue weighted by molar-refractivity contribution is 5.81. The van der Waals surface area contributed by atoms with Crippen molar-refractivity contribution in [3.05, 3.63) is 0 Å². The molecule has 0 spiro atoms. The first-order chi connectivity index (χ1) is 7.99. The summed E-state index contributed by atoms with van der Waals surface area (Å²) < 4.78 is 0.